The maximum absolute atomic E-state index is 2.24. The summed E-state index contributed by atoms with van der Waals surface area (Å²) in [6.07, 6.45) is 4.42. The minimum absolute atomic E-state index is 1.40. The van der Waals surface area contributed by atoms with Gasteiger partial charge in [-0.1, -0.05) is 12.2 Å². The van der Waals surface area contributed by atoms with Gasteiger partial charge in [-0.05, 0) is 50.0 Å². The SMILES string of the molecule is C/C=C1/C(C)=CC(C)=C1C. The van der Waals surface area contributed by atoms with Crippen molar-refractivity contribution < 1.29 is 0 Å². The van der Waals surface area contributed by atoms with E-state index < -0.39 is 0 Å². The molecule has 0 amide bonds. The van der Waals surface area contributed by atoms with E-state index in [-0.39, 0.29) is 0 Å². The van der Waals surface area contributed by atoms with Crippen molar-refractivity contribution >= 4 is 0 Å². The van der Waals surface area contributed by atoms with Crippen LogP contribution in [0.1, 0.15) is 27.7 Å². The number of rotatable bonds is 0. The molecule has 0 N–H and O–H groups in total. The zero-order chi connectivity index (χ0) is 7.72. The lowest BCUT2D eigenvalue weighted by Gasteiger charge is -1.99. The molecule has 0 spiro atoms. The van der Waals surface area contributed by atoms with Crippen molar-refractivity contribution in [3.63, 3.8) is 0 Å². The predicted octanol–water partition coefficient (Wildman–Crippen LogP) is 3.23. The zero-order valence-electron chi connectivity index (χ0n) is 7.15. The highest BCUT2D eigenvalue weighted by Gasteiger charge is 2.10. The van der Waals surface area contributed by atoms with Crippen LogP contribution in [0.2, 0.25) is 0 Å². The molecule has 0 saturated carbocycles. The summed E-state index contributed by atoms with van der Waals surface area (Å²) in [6.45, 7) is 8.59. The summed E-state index contributed by atoms with van der Waals surface area (Å²) in [5, 5.41) is 0. The highest BCUT2D eigenvalue weighted by atomic mass is 14.1. The Kier molecular flexibility index (Phi) is 1.80. The Morgan fingerprint density at radius 1 is 1.20 bits per heavy atom. The maximum Gasteiger partial charge on any atom is -0.0238 e. The van der Waals surface area contributed by atoms with E-state index >= 15 is 0 Å². The molecule has 0 aromatic rings. The van der Waals surface area contributed by atoms with E-state index in [0.29, 0.717) is 0 Å². The third-order valence-corrected chi connectivity index (χ3v) is 2.14. The van der Waals surface area contributed by atoms with Gasteiger partial charge in [0.15, 0.2) is 0 Å². The molecule has 1 rings (SSSR count). The molecule has 10 heavy (non-hydrogen) atoms. The van der Waals surface area contributed by atoms with Gasteiger partial charge in [0.05, 0.1) is 0 Å². The topological polar surface area (TPSA) is 0 Å². The van der Waals surface area contributed by atoms with E-state index in [1.807, 2.05) is 0 Å². The Labute approximate surface area is 62.9 Å². The lowest BCUT2D eigenvalue weighted by Crippen LogP contribution is -1.80. The highest BCUT2D eigenvalue weighted by Crippen LogP contribution is 2.29. The number of hydrogen-bond acceptors (Lipinski definition) is 0. The van der Waals surface area contributed by atoms with E-state index in [9.17, 15) is 0 Å². The molecule has 54 valence electrons. The van der Waals surface area contributed by atoms with Crippen LogP contribution >= 0.6 is 0 Å². The molecule has 1 aliphatic carbocycles. The first kappa shape index (κ1) is 7.33. The molecule has 0 bridgehead atoms. The van der Waals surface area contributed by atoms with Crippen LogP contribution in [0.15, 0.2) is 34.4 Å². The first-order chi connectivity index (χ1) is 4.66. The molecule has 0 fully saturated rings. The first-order valence-corrected chi connectivity index (χ1v) is 3.69. The van der Waals surface area contributed by atoms with Crippen molar-refractivity contribution in [1.29, 1.82) is 0 Å². The lowest BCUT2D eigenvalue weighted by atomic mass is 10.1. The van der Waals surface area contributed by atoms with Crippen molar-refractivity contribution in [2.24, 2.45) is 0 Å². The monoisotopic (exact) mass is 134 g/mol. The van der Waals surface area contributed by atoms with Gasteiger partial charge in [-0.15, -0.1) is 0 Å². The van der Waals surface area contributed by atoms with E-state index in [0.717, 1.165) is 0 Å². The molecule has 0 aromatic carbocycles. The Balaban J connectivity index is 3.10. The maximum atomic E-state index is 2.24. The standard InChI is InChI=1S/C10H14/c1-5-10-8(3)6-7(2)9(10)4/h5-6H,1-4H3/b10-5-. The number of hydrogen-bond donors (Lipinski definition) is 0. The molecule has 0 radical (unpaired) electrons. The van der Waals surface area contributed by atoms with E-state index in [1.54, 1.807) is 0 Å². The van der Waals surface area contributed by atoms with Gasteiger partial charge in [-0.25, -0.2) is 0 Å². The van der Waals surface area contributed by atoms with Gasteiger partial charge < -0.3 is 0 Å². The largest absolute Gasteiger partial charge is 0.0798 e. The highest BCUT2D eigenvalue weighted by molar-refractivity contribution is 5.56. The molecule has 1 aliphatic rings. The average Bonchev–Trinajstić information content (AvgIpc) is 2.09. The Morgan fingerprint density at radius 3 is 2.00 bits per heavy atom. The van der Waals surface area contributed by atoms with Crippen LogP contribution in [0.4, 0.5) is 0 Å². The lowest BCUT2D eigenvalue weighted by molar-refractivity contribution is 1.33. The summed E-state index contributed by atoms with van der Waals surface area (Å²) in [7, 11) is 0. The van der Waals surface area contributed by atoms with Crippen LogP contribution in [-0.4, -0.2) is 0 Å². The molecule has 0 nitrogen and oxygen atoms in total. The summed E-state index contributed by atoms with van der Waals surface area (Å²) in [6, 6.07) is 0. The Bertz CT molecular complexity index is 233. The minimum Gasteiger partial charge on any atom is -0.0798 e. The fourth-order valence-electron chi connectivity index (χ4n) is 1.46. The van der Waals surface area contributed by atoms with Crippen LogP contribution < -0.4 is 0 Å². The molecular weight excluding hydrogens is 120 g/mol. The summed E-state index contributed by atoms with van der Waals surface area (Å²) in [5.41, 5.74) is 5.65. The van der Waals surface area contributed by atoms with Gasteiger partial charge in [0, 0.05) is 0 Å². The molecule has 0 aliphatic heterocycles. The second kappa shape index (κ2) is 2.45. The van der Waals surface area contributed by atoms with E-state index in [1.165, 1.54) is 22.3 Å². The molecule has 0 heterocycles. The quantitative estimate of drug-likeness (QED) is 0.477. The van der Waals surface area contributed by atoms with Gasteiger partial charge in [-0.3, -0.25) is 0 Å². The molecular formula is C10H14. The summed E-state index contributed by atoms with van der Waals surface area (Å²) >= 11 is 0. The van der Waals surface area contributed by atoms with Crippen molar-refractivity contribution in [2.75, 3.05) is 0 Å². The predicted molar refractivity (Wildman–Crippen MR) is 45.9 cm³/mol. The van der Waals surface area contributed by atoms with Crippen molar-refractivity contribution in [2.45, 2.75) is 27.7 Å². The van der Waals surface area contributed by atoms with Crippen LogP contribution in [0, 0.1) is 0 Å². The van der Waals surface area contributed by atoms with Crippen LogP contribution in [0.25, 0.3) is 0 Å². The minimum atomic E-state index is 1.40. The van der Waals surface area contributed by atoms with E-state index in [4.69, 9.17) is 0 Å². The second-order valence-electron chi connectivity index (χ2n) is 2.84. The van der Waals surface area contributed by atoms with Crippen molar-refractivity contribution in [3.8, 4) is 0 Å². The van der Waals surface area contributed by atoms with Gasteiger partial charge in [-0.2, -0.15) is 0 Å². The third kappa shape index (κ3) is 0.942. The van der Waals surface area contributed by atoms with Crippen molar-refractivity contribution in [1.82, 2.24) is 0 Å². The number of allylic oxidation sites excluding steroid dienone is 6. The molecule has 0 saturated heterocycles. The summed E-state index contributed by atoms with van der Waals surface area (Å²) in [4.78, 5) is 0. The van der Waals surface area contributed by atoms with E-state index in [2.05, 4.69) is 39.8 Å². The first-order valence-electron chi connectivity index (χ1n) is 3.69. The van der Waals surface area contributed by atoms with Gasteiger partial charge in [0.1, 0.15) is 0 Å². The van der Waals surface area contributed by atoms with Gasteiger partial charge >= 0.3 is 0 Å². The molecule has 0 atom stereocenters. The van der Waals surface area contributed by atoms with Crippen LogP contribution in [-0.2, 0) is 0 Å². The fraction of sp³-hybridized carbons (Fsp3) is 0.400. The molecule has 0 aromatic heterocycles. The normalized spacial score (nSPS) is 22.4. The molecule has 0 unspecified atom stereocenters. The average molecular weight is 134 g/mol. The molecule has 0 heteroatoms. The zero-order valence-corrected chi connectivity index (χ0v) is 7.15. The van der Waals surface area contributed by atoms with Gasteiger partial charge in [0.25, 0.3) is 0 Å². The van der Waals surface area contributed by atoms with Crippen LogP contribution in [0.5, 0.6) is 0 Å². The fourth-order valence-corrected chi connectivity index (χ4v) is 1.46. The second-order valence-corrected chi connectivity index (χ2v) is 2.84. The third-order valence-electron chi connectivity index (χ3n) is 2.14. The van der Waals surface area contributed by atoms with Crippen LogP contribution in [0.3, 0.4) is 0 Å². The summed E-state index contributed by atoms with van der Waals surface area (Å²) in [5.74, 6) is 0. The van der Waals surface area contributed by atoms with Gasteiger partial charge in [0.2, 0.25) is 0 Å². The Morgan fingerprint density at radius 2 is 1.80 bits per heavy atom. The Hall–Kier alpha value is -0.780. The van der Waals surface area contributed by atoms with Crippen molar-refractivity contribution in [3.05, 3.63) is 34.4 Å². The summed E-state index contributed by atoms with van der Waals surface area (Å²) < 4.78 is 0. The smallest absolute Gasteiger partial charge is 0.0238 e.